The molecule has 11 heteroatoms. The molecule has 2 amide bonds. The van der Waals surface area contributed by atoms with Crippen molar-refractivity contribution >= 4 is 29.6 Å². The van der Waals surface area contributed by atoms with Crippen LogP contribution in [0.25, 0.3) is 0 Å². The van der Waals surface area contributed by atoms with E-state index < -0.39 is 29.0 Å². The summed E-state index contributed by atoms with van der Waals surface area (Å²) in [5, 5.41) is 18.2. The molecule has 1 aromatic rings. The van der Waals surface area contributed by atoms with Crippen LogP contribution >= 0.6 is 11.9 Å². The van der Waals surface area contributed by atoms with Gasteiger partial charge in [0.1, 0.15) is 11.6 Å². The quantitative estimate of drug-likeness (QED) is 0.374. The van der Waals surface area contributed by atoms with E-state index in [1.165, 1.54) is 22.9 Å². The molecule has 3 rings (SSSR count). The summed E-state index contributed by atoms with van der Waals surface area (Å²) in [6.07, 6.45) is -0.364. The van der Waals surface area contributed by atoms with Crippen molar-refractivity contribution in [3.63, 3.8) is 0 Å². The Labute approximate surface area is 171 Å². The zero-order valence-corrected chi connectivity index (χ0v) is 16.6. The molecule has 0 unspecified atom stereocenters. The van der Waals surface area contributed by atoms with Crippen LogP contribution in [0.5, 0.6) is 0 Å². The van der Waals surface area contributed by atoms with Crippen LogP contribution in [0.2, 0.25) is 0 Å². The second kappa shape index (κ2) is 9.14. The van der Waals surface area contributed by atoms with Crippen LogP contribution in [0.3, 0.4) is 0 Å². The maximum atomic E-state index is 14.0. The smallest absolute Gasteiger partial charge is 0.407 e. The number of rotatable bonds is 5. The summed E-state index contributed by atoms with van der Waals surface area (Å²) in [5.41, 5.74) is 1.12. The van der Waals surface area contributed by atoms with E-state index in [2.05, 4.69) is 4.31 Å². The molecule has 2 aliphatic heterocycles. The van der Waals surface area contributed by atoms with Gasteiger partial charge in [-0.3, -0.25) is 10.0 Å². The van der Waals surface area contributed by atoms with Gasteiger partial charge in [-0.15, -0.1) is 0 Å². The predicted molar refractivity (Wildman–Crippen MR) is 104 cm³/mol. The number of carbonyl (C=O) groups is 2. The zero-order valence-electron chi connectivity index (χ0n) is 15.8. The van der Waals surface area contributed by atoms with E-state index in [4.69, 9.17) is 10.3 Å². The Bertz CT molecular complexity index is 753. The Morgan fingerprint density at radius 1 is 1.10 bits per heavy atom. The molecule has 2 saturated heterocycles. The molecular weight excluding hydrogens is 406 g/mol. The third kappa shape index (κ3) is 4.90. The Morgan fingerprint density at radius 2 is 1.76 bits per heavy atom. The van der Waals surface area contributed by atoms with Crippen LogP contribution in [0.15, 0.2) is 18.2 Å². The standard InChI is InChI=1S/C18H24F2N4O4S/c19-13-1-2-14(20)15(11-13)22-7-9-24(10-8-22)29-12-18(16(25)21-28)3-5-23(6-4-18)17(26)27/h1-2,11,28H,3-10,12H2,(H,21,25)(H,26,27). The molecule has 3 N–H and O–H groups in total. The average Bonchev–Trinajstić information content (AvgIpc) is 2.74. The molecule has 0 radical (unpaired) electrons. The number of piperidine rings is 1. The van der Waals surface area contributed by atoms with Gasteiger partial charge in [0, 0.05) is 51.1 Å². The fraction of sp³-hybridized carbons (Fsp3) is 0.556. The number of hydrogen-bond donors (Lipinski definition) is 3. The molecular formula is C18H24F2N4O4S. The Balaban J connectivity index is 1.56. The van der Waals surface area contributed by atoms with Crippen molar-refractivity contribution in [2.45, 2.75) is 12.8 Å². The third-order valence-electron chi connectivity index (χ3n) is 5.59. The maximum Gasteiger partial charge on any atom is 0.407 e. The van der Waals surface area contributed by atoms with Crippen molar-refractivity contribution in [2.75, 3.05) is 49.9 Å². The van der Waals surface area contributed by atoms with Crippen molar-refractivity contribution in [2.24, 2.45) is 5.41 Å². The van der Waals surface area contributed by atoms with Crippen molar-refractivity contribution in [1.29, 1.82) is 0 Å². The number of anilines is 1. The number of amides is 2. The van der Waals surface area contributed by atoms with Crippen molar-refractivity contribution < 1.29 is 28.7 Å². The molecule has 0 atom stereocenters. The molecule has 0 bridgehead atoms. The third-order valence-corrected chi connectivity index (χ3v) is 7.00. The Morgan fingerprint density at radius 3 is 2.34 bits per heavy atom. The minimum Gasteiger partial charge on any atom is -0.465 e. The van der Waals surface area contributed by atoms with E-state index in [0.717, 1.165) is 12.1 Å². The summed E-state index contributed by atoms with van der Waals surface area (Å²) in [7, 11) is 0. The summed E-state index contributed by atoms with van der Waals surface area (Å²) >= 11 is 1.46. The monoisotopic (exact) mass is 430 g/mol. The van der Waals surface area contributed by atoms with Crippen molar-refractivity contribution in [3.8, 4) is 0 Å². The predicted octanol–water partition coefficient (Wildman–Crippen LogP) is 2.00. The minimum atomic E-state index is -1.02. The first kappa shape index (κ1) is 21.6. The number of nitrogens with zero attached hydrogens (tertiary/aromatic N) is 3. The van der Waals surface area contributed by atoms with E-state index in [9.17, 15) is 18.4 Å². The normalized spacial score (nSPS) is 19.8. The summed E-state index contributed by atoms with van der Waals surface area (Å²) in [5.74, 6) is -1.05. The van der Waals surface area contributed by atoms with Crippen LogP contribution in [-0.4, -0.2) is 76.5 Å². The summed E-state index contributed by atoms with van der Waals surface area (Å²) < 4.78 is 29.5. The average molecular weight is 430 g/mol. The lowest BCUT2D eigenvalue weighted by Crippen LogP contribution is -2.51. The first-order valence-electron chi connectivity index (χ1n) is 9.35. The molecule has 0 aliphatic carbocycles. The number of hydrogen-bond acceptors (Lipinski definition) is 6. The number of nitrogens with one attached hydrogen (secondary N) is 1. The van der Waals surface area contributed by atoms with Crippen LogP contribution in [0.4, 0.5) is 19.3 Å². The van der Waals surface area contributed by atoms with Crippen molar-refractivity contribution in [1.82, 2.24) is 14.7 Å². The molecule has 0 spiro atoms. The van der Waals surface area contributed by atoms with Gasteiger partial charge in [0.25, 0.3) is 5.91 Å². The van der Waals surface area contributed by atoms with Gasteiger partial charge in [0.15, 0.2) is 0 Å². The van der Waals surface area contributed by atoms with Gasteiger partial charge >= 0.3 is 6.09 Å². The van der Waals surface area contributed by atoms with Gasteiger partial charge in [-0.25, -0.2) is 23.4 Å². The maximum absolute atomic E-state index is 14.0. The van der Waals surface area contributed by atoms with Gasteiger partial charge in [-0.1, -0.05) is 11.9 Å². The van der Waals surface area contributed by atoms with E-state index in [0.29, 0.717) is 44.8 Å². The fourth-order valence-electron chi connectivity index (χ4n) is 3.68. The number of piperazine rings is 1. The summed E-state index contributed by atoms with van der Waals surface area (Å²) in [6, 6.07) is 3.40. The molecule has 2 heterocycles. The number of carbonyl (C=O) groups excluding carboxylic acids is 1. The number of benzene rings is 1. The van der Waals surface area contributed by atoms with Gasteiger partial charge in [0.05, 0.1) is 11.1 Å². The van der Waals surface area contributed by atoms with E-state index in [1.807, 2.05) is 0 Å². The lowest BCUT2D eigenvalue weighted by Gasteiger charge is -2.41. The lowest BCUT2D eigenvalue weighted by molar-refractivity contribution is -0.141. The molecule has 0 saturated carbocycles. The van der Waals surface area contributed by atoms with E-state index in [-0.39, 0.29) is 18.8 Å². The highest BCUT2D eigenvalue weighted by atomic mass is 32.2. The van der Waals surface area contributed by atoms with Gasteiger partial charge in [0.2, 0.25) is 0 Å². The molecule has 2 fully saturated rings. The summed E-state index contributed by atoms with van der Waals surface area (Å²) in [4.78, 5) is 26.5. The molecule has 29 heavy (non-hydrogen) atoms. The Hall–Kier alpha value is -2.11. The van der Waals surface area contributed by atoms with Crippen LogP contribution < -0.4 is 10.4 Å². The highest BCUT2D eigenvalue weighted by Gasteiger charge is 2.43. The molecule has 2 aliphatic rings. The SMILES string of the molecule is O=C(O)N1CCC(CSN2CCN(c3cc(F)ccc3F)CC2)(C(=O)NO)CC1. The number of halogens is 2. The Kier molecular flexibility index (Phi) is 6.81. The second-order valence-electron chi connectivity index (χ2n) is 7.28. The van der Waals surface area contributed by atoms with Gasteiger partial charge in [-0.2, -0.15) is 0 Å². The summed E-state index contributed by atoms with van der Waals surface area (Å²) in [6.45, 7) is 2.68. The molecule has 1 aromatic carbocycles. The number of hydroxylamine groups is 1. The van der Waals surface area contributed by atoms with Crippen molar-refractivity contribution in [3.05, 3.63) is 29.8 Å². The highest BCUT2D eigenvalue weighted by molar-refractivity contribution is 7.97. The minimum absolute atomic E-state index is 0.232. The van der Waals surface area contributed by atoms with E-state index in [1.54, 1.807) is 10.4 Å². The molecule has 160 valence electrons. The fourth-order valence-corrected chi connectivity index (χ4v) is 4.95. The highest BCUT2D eigenvalue weighted by Crippen LogP contribution is 2.37. The lowest BCUT2D eigenvalue weighted by atomic mass is 9.79. The number of likely N-dealkylation sites (tertiary alicyclic amines) is 1. The first-order valence-corrected chi connectivity index (χ1v) is 10.3. The van der Waals surface area contributed by atoms with Crippen LogP contribution in [0, 0.1) is 17.0 Å². The van der Waals surface area contributed by atoms with Gasteiger partial charge in [-0.05, 0) is 25.0 Å². The largest absolute Gasteiger partial charge is 0.465 e. The van der Waals surface area contributed by atoms with Crippen LogP contribution in [-0.2, 0) is 4.79 Å². The second-order valence-corrected chi connectivity index (χ2v) is 8.34. The van der Waals surface area contributed by atoms with Gasteiger partial charge < -0.3 is 14.9 Å². The van der Waals surface area contributed by atoms with E-state index >= 15 is 0 Å². The topological polar surface area (TPSA) is 96.4 Å². The van der Waals surface area contributed by atoms with Crippen LogP contribution in [0.1, 0.15) is 12.8 Å². The first-order chi connectivity index (χ1) is 13.8. The number of carboxylic acid groups (broad SMARTS) is 1. The molecule has 8 nitrogen and oxygen atoms in total. The zero-order chi connectivity index (χ0) is 21.0. The molecule has 0 aromatic heterocycles.